The van der Waals surface area contributed by atoms with Gasteiger partial charge in [0.1, 0.15) is 6.54 Å². The number of hydrogen-bond donors (Lipinski definition) is 3. The first-order valence-electron chi connectivity index (χ1n) is 14.4. The highest BCUT2D eigenvalue weighted by molar-refractivity contribution is 7.53. The molecule has 0 rings (SSSR count). The largest absolute Gasteiger partial charge is 0.373 e. The van der Waals surface area contributed by atoms with Crippen molar-refractivity contribution in [2.75, 3.05) is 27.7 Å². The molecule has 208 valence electrons. The molecular formula is C29H59NO4P+. The van der Waals surface area contributed by atoms with E-state index in [-0.39, 0.29) is 13.0 Å². The minimum absolute atomic E-state index is 0.0605. The molecule has 0 aromatic heterocycles. The third-order valence-electron chi connectivity index (χ3n) is 6.53. The maximum absolute atomic E-state index is 11.8. The number of unbranched alkanes of at least 4 members (excludes halogenated alkanes) is 15. The zero-order valence-electron chi connectivity index (χ0n) is 23.6. The number of aliphatic hydroxyl groups is 1. The monoisotopic (exact) mass is 516 g/mol. The lowest BCUT2D eigenvalue weighted by molar-refractivity contribution is -0.875. The molecule has 0 aromatic carbocycles. The fourth-order valence-corrected chi connectivity index (χ4v) is 5.62. The maximum atomic E-state index is 11.8. The average molecular weight is 517 g/mol. The van der Waals surface area contributed by atoms with E-state index in [4.69, 9.17) is 0 Å². The van der Waals surface area contributed by atoms with E-state index in [0.29, 0.717) is 10.9 Å². The Morgan fingerprint density at radius 3 is 1.34 bits per heavy atom. The highest BCUT2D eigenvalue weighted by Crippen LogP contribution is 2.52. The molecule has 0 aliphatic carbocycles. The second-order valence-corrected chi connectivity index (χ2v) is 13.3. The summed E-state index contributed by atoms with van der Waals surface area (Å²) in [6, 6.07) is 0. The van der Waals surface area contributed by atoms with Gasteiger partial charge in [-0.05, 0) is 57.8 Å². The maximum Gasteiger partial charge on any atom is 0.362 e. The summed E-state index contributed by atoms with van der Waals surface area (Å²) in [7, 11) is 0.980. The molecule has 0 amide bonds. The van der Waals surface area contributed by atoms with Gasteiger partial charge in [-0.3, -0.25) is 4.57 Å². The van der Waals surface area contributed by atoms with Gasteiger partial charge in [0.2, 0.25) is 5.34 Å². The molecule has 3 N–H and O–H groups in total. The zero-order valence-corrected chi connectivity index (χ0v) is 24.5. The molecule has 0 heterocycles. The normalized spacial score (nSPS) is 14.8. The Balaban J connectivity index is 3.53. The second kappa shape index (κ2) is 20.6. The molecule has 35 heavy (non-hydrogen) atoms. The van der Waals surface area contributed by atoms with Crippen molar-refractivity contribution in [3.63, 3.8) is 0 Å². The van der Waals surface area contributed by atoms with E-state index >= 15 is 0 Å². The lowest BCUT2D eigenvalue weighted by atomic mass is 10.0. The van der Waals surface area contributed by atoms with Crippen molar-refractivity contribution in [2.24, 2.45) is 0 Å². The summed E-state index contributed by atoms with van der Waals surface area (Å²) in [5.41, 5.74) is 0. The lowest BCUT2D eigenvalue weighted by Crippen LogP contribution is -2.49. The molecule has 0 radical (unpaired) electrons. The Morgan fingerprint density at radius 1 is 0.629 bits per heavy atom. The van der Waals surface area contributed by atoms with Crippen LogP contribution in [0.2, 0.25) is 0 Å². The van der Waals surface area contributed by atoms with Crippen molar-refractivity contribution >= 4 is 7.60 Å². The van der Waals surface area contributed by atoms with Gasteiger partial charge in [-0.25, -0.2) is 0 Å². The SMILES string of the molecule is CC/C=C\CCCCC/C=C\CCCCCCCCCCCCCC(O)(C[N+](C)(C)C)P(=O)(O)O. The Bertz CT molecular complexity index is 594. The van der Waals surface area contributed by atoms with Crippen molar-refractivity contribution in [2.45, 2.75) is 134 Å². The van der Waals surface area contributed by atoms with Crippen molar-refractivity contribution in [3.8, 4) is 0 Å². The zero-order chi connectivity index (χ0) is 26.5. The van der Waals surface area contributed by atoms with E-state index in [9.17, 15) is 19.5 Å². The summed E-state index contributed by atoms with van der Waals surface area (Å²) in [5, 5.41) is 8.65. The summed E-state index contributed by atoms with van der Waals surface area (Å²) >= 11 is 0. The van der Waals surface area contributed by atoms with Crippen LogP contribution in [0.1, 0.15) is 129 Å². The predicted molar refractivity (Wildman–Crippen MR) is 152 cm³/mol. The lowest BCUT2D eigenvalue weighted by Gasteiger charge is -2.35. The summed E-state index contributed by atoms with van der Waals surface area (Å²) in [5.74, 6) is 0. The molecule has 0 bridgehead atoms. The quantitative estimate of drug-likeness (QED) is 0.0524. The van der Waals surface area contributed by atoms with E-state index in [1.54, 1.807) is 0 Å². The highest BCUT2D eigenvalue weighted by atomic mass is 31.2. The predicted octanol–water partition coefficient (Wildman–Crippen LogP) is 8.10. The van der Waals surface area contributed by atoms with E-state index in [0.717, 1.165) is 19.3 Å². The van der Waals surface area contributed by atoms with E-state index in [2.05, 4.69) is 31.2 Å². The van der Waals surface area contributed by atoms with Crippen LogP contribution in [0.3, 0.4) is 0 Å². The van der Waals surface area contributed by atoms with E-state index < -0.39 is 12.9 Å². The summed E-state index contributed by atoms with van der Waals surface area (Å²) in [4.78, 5) is 19.2. The molecule has 1 atom stereocenters. The van der Waals surface area contributed by atoms with Gasteiger partial charge in [-0.2, -0.15) is 0 Å². The Labute approximate surface area is 217 Å². The molecule has 0 saturated carbocycles. The Hall–Kier alpha value is -0.450. The van der Waals surface area contributed by atoms with Gasteiger partial charge in [0.25, 0.3) is 0 Å². The molecule has 0 aliphatic rings. The first-order valence-corrected chi connectivity index (χ1v) is 16.0. The van der Waals surface area contributed by atoms with Crippen LogP contribution in [0.5, 0.6) is 0 Å². The number of allylic oxidation sites excluding steroid dienone is 4. The molecule has 0 spiro atoms. The molecule has 5 nitrogen and oxygen atoms in total. The third-order valence-corrected chi connectivity index (χ3v) is 7.98. The van der Waals surface area contributed by atoms with E-state index in [1.807, 2.05) is 21.1 Å². The van der Waals surface area contributed by atoms with Crippen LogP contribution < -0.4 is 0 Å². The van der Waals surface area contributed by atoms with Gasteiger partial charge >= 0.3 is 7.60 Å². The summed E-state index contributed by atoms with van der Waals surface area (Å²) in [6.45, 7) is 2.25. The van der Waals surface area contributed by atoms with Crippen LogP contribution in [0.25, 0.3) is 0 Å². The Morgan fingerprint density at radius 2 is 0.971 bits per heavy atom. The van der Waals surface area contributed by atoms with Crippen molar-refractivity contribution < 1.29 is 23.9 Å². The van der Waals surface area contributed by atoms with Crippen LogP contribution in [0, 0.1) is 0 Å². The van der Waals surface area contributed by atoms with Gasteiger partial charge < -0.3 is 19.4 Å². The van der Waals surface area contributed by atoms with Gasteiger partial charge in [-0.15, -0.1) is 0 Å². The number of likely N-dealkylation sites (N-methyl/N-ethyl adjacent to an activating group) is 1. The first-order chi connectivity index (χ1) is 16.5. The van der Waals surface area contributed by atoms with Crippen LogP contribution in [0.15, 0.2) is 24.3 Å². The minimum Gasteiger partial charge on any atom is -0.373 e. The van der Waals surface area contributed by atoms with Gasteiger partial charge in [0.15, 0.2) is 0 Å². The number of hydrogen-bond acceptors (Lipinski definition) is 2. The molecular weight excluding hydrogens is 457 g/mol. The fourth-order valence-electron chi connectivity index (χ4n) is 4.56. The molecule has 6 heteroatoms. The Kier molecular flexibility index (Phi) is 20.3. The van der Waals surface area contributed by atoms with Gasteiger partial charge in [0.05, 0.1) is 21.1 Å². The van der Waals surface area contributed by atoms with Crippen LogP contribution in [-0.2, 0) is 4.57 Å². The van der Waals surface area contributed by atoms with Crippen LogP contribution >= 0.6 is 7.60 Å². The number of rotatable bonds is 24. The van der Waals surface area contributed by atoms with E-state index in [1.165, 1.54) is 89.9 Å². The van der Waals surface area contributed by atoms with Crippen LogP contribution in [-0.4, -0.2) is 52.4 Å². The molecule has 0 aliphatic heterocycles. The fraction of sp³-hybridized carbons (Fsp3) is 0.862. The summed E-state index contributed by atoms with van der Waals surface area (Å²) in [6.07, 6.45) is 31.3. The minimum atomic E-state index is -4.55. The van der Waals surface area contributed by atoms with Crippen molar-refractivity contribution in [1.82, 2.24) is 0 Å². The van der Waals surface area contributed by atoms with Gasteiger partial charge in [0, 0.05) is 0 Å². The van der Waals surface area contributed by atoms with Gasteiger partial charge in [-0.1, -0.05) is 95.4 Å². The molecule has 1 unspecified atom stereocenters. The topological polar surface area (TPSA) is 77.8 Å². The average Bonchev–Trinajstić information content (AvgIpc) is 2.75. The van der Waals surface area contributed by atoms with Crippen LogP contribution in [0.4, 0.5) is 0 Å². The highest BCUT2D eigenvalue weighted by Gasteiger charge is 2.48. The molecule has 0 saturated heterocycles. The molecule has 0 aromatic rings. The first kappa shape index (κ1) is 34.6. The third kappa shape index (κ3) is 21.4. The number of quaternary nitrogens is 1. The number of nitrogens with zero attached hydrogens (tertiary/aromatic N) is 1. The second-order valence-electron chi connectivity index (χ2n) is 11.4. The van der Waals surface area contributed by atoms with Crippen molar-refractivity contribution in [1.29, 1.82) is 0 Å². The van der Waals surface area contributed by atoms with Crippen molar-refractivity contribution in [3.05, 3.63) is 24.3 Å². The molecule has 0 fully saturated rings. The summed E-state index contributed by atoms with van der Waals surface area (Å²) < 4.78 is 12.1. The smallest absolute Gasteiger partial charge is 0.362 e. The standard InChI is InChI=1S/C29H58NO4P/c1-5-6-7-8-9-10-11-12-13-14-15-16-17-18-19-20-21-22-23-24-25-26-27-29(31,35(32,33)34)28-30(2,3)4/h6-7,13-14,31H,5,8-12,15-28H2,1-4H3,(H-,32,33,34)/p+1/b7-6-,14-13-.